The summed E-state index contributed by atoms with van der Waals surface area (Å²) in [5, 5.41) is 9.93. The van der Waals surface area contributed by atoms with Crippen LogP contribution in [0.1, 0.15) is 31.0 Å². The second-order valence-electron chi connectivity index (χ2n) is 5.99. The van der Waals surface area contributed by atoms with E-state index in [4.69, 9.17) is 9.26 Å². The number of rotatable bonds is 7. The molecule has 0 bridgehead atoms. The molecule has 3 rings (SSSR count). The van der Waals surface area contributed by atoms with Crippen molar-refractivity contribution >= 4 is 24.0 Å². The standard InChI is InChI=1S/C17H22N4O3.ClH/c1-12-19-17(24-21-12)11-23-15-5-3-14(4-6-15)20-16(22)7-2-13-8-9-18-10-13;/h3-6,13,18H,2,7-11H2,1H3,(H,20,22);1H. The number of nitrogens with one attached hydrogen (secondary N) is 2. The Balaban J connectivity index is 0.00000225. The molecule has 7 nitrogen and oxygen atoms in total. The van der Waals surface area contributed by atoms with E-state index in [0.717, 1.165) is 25.2 Å². The molecule has 2 heterocycles. The average molecular weight is 367 g/mol. The molecule has 25 heavy (non-hydrogen) atoms. The SMILES string of the molecule is Cc1noc(COc2ccc(NC(=O)CCC3CCNC3)cc2)n1.Cl. The lowest BCUT2D eigenvalue weighted by Crippen LogP contribution is -2.14. The van der Waals surface area contributed by atoms with Crippen LogP contribution >= 0.6 is 12.4 Å². The molecule has 1 amide bonds. The zero-order valence-electron chi connectivity index (χ0n) is 14.2. The predicted octanol–water partition coefficient (Wildman–Crippen LogP) is 2.71. The summed E-state index contributed by atoms with van der Waals surface area (Å²) in [6.07, 6.45) is 2.66. The van der Waals surface area contributed by atoms with Crippen molar-refractivity contribution in [2.75, 3.05) is 18.4 Å². The minimum Gasteiger partial charge on any atom is -0.484 e. The van der Waals surface area contributed by atoms with E-state index in [1.54, 1.807) is 19.1 Å². The second-order valence-corrected chi connectivity index (χ2v) is 5.99. The second kappa shape index (κ2) is 9.39. The highest BCUT2D eigenvalue weighted by Crippen LogP contribution is 2.18. The van der Waals surface area contributed by atoms with E-state index in [9.17, 15) is 4.79 Å². The third-order valence-corrected chi connectivity index (χ3v) is 4.01. The monoisotopic (exact) mass is 366 g/mol. The van der Waals surface area contributed by atoms with Crippen molar-refractivity contribution in [3.05, 3.63) is 36.0 Å². The van der Waals surface area contributed by atoms with Gasteiger partial charge in [0.15, 0.2) is 12.4 Å². The van der Waals surface area contributed by atoms with E-state index in [2.05, 4.69) is 20.8 Å². The van der Waals surface area contributed by atoms with Gasteiger partial charge < -0.3 is 19.9 Å². The van der Waals surface area contributed by atoms with E-state index < -0.39 is 0 Å². The van der Waals surface area contributed by atoms with Gasteiger partial charge in [-0.3, -0.25) is 4.79 Å². The minimum atomic E-state index is 0. The fourth-order valence-corrected chi connectivity index (χ4v) is 2.70. The highest BCUT2D eigenvalue weighted by Gasteiger charge is 2.15. The quantitative estimate of drug-likeness (QED) is 0.783. The van der Waals surface area contributed by atoms with E-state index in [0.29, 0.717) is 29.8 Å². The summed E-state index contributed by atoms with van der Waals surface area (Å²) < 4.78 is 10.5. The molecule has 1 unspecified atom stereocenters. The third-order valence-electron chi connectivity index (χ3n) is 4.01. The average Bonchev–Trinajstić information content (AvgIpc) is 3.24. The van der Waals surface area contributed by atoms with Gasteiger partial charge in [0, 0.05) is 12.1 Å². The molecule has 0 radical (unpaired) electrons. The first-order valence-electron chi connectivity index (χ1n) is 8.21. The summed E-state index contributed by atoms with van der Waals surface area (Å²) >= 11 is 0. The van der Waals surface area contributed by atoms with Gasteiger partial charge in [0.2, 0.25) is 5.91 Å². The van der Waals surface area contributed by atoms with Crippen molar-refractivity contribution in [3.8, 4) is 5.75 Å². The number of anilines is 1. The Kier molecular flexibility index (Phi) is 7.21. The summed E-state index contributed by atoms with van der Waals surface area (Å²) in [5.74, 6) is 2.38. The Morgan fingerprint density at radius 3 is 2.84 bits per heavy atom. The normalized spacial score (nSPS) is 16.3. The Labute approximate surface area is 152 Å². The molecule has 0 saturated carbocycles. The maximum absolute atomic E-state index is 12.0. The number of hydrogen-bond donors (Lipinski definition) is 2. The van der Waals surface area contributed by atoms with Crippen LogP contribution in [-0.2, 0) is 11.4 Å². The van der Waals surface area contributed by atoms with Gasteiger partial charge in [0.05, 0.1) is 0 Å². The first-order valence-corrected chi connectivity index (χ1v) is 8.21. The van der Waals surface area contributed by atoms with Gasteiger partial charge in [-0.05, 0) is 63.0 Å². The zero-order chi connectivity index (χ0) is 16.8. The Hall–Kier alpha value is -2.12. The molecule has 0 aliphatic carbocycles. The summed E-state index contributed by atoms with van der Waals surface area (Å²) in [6, 6.07) is 7.26. The largest absolute Gasteiger partial charge is 0.484 e. The van der Waals surface area contributed by atoms with Crippen molar-refractivity contribution in [3.63, 3.8) is 0 Å². The zero-order valence-corrected chi connectivity index (χ0v) is 15.0. The van der Waals surface area contributed by atoms with Crippen LogP contribution in [0.3, 0.4) is 0 Å². The molecule has 1 aromatic carbocycles. The van der Waals surface area contributed by atoms with E-state index in [-0.39, 0.29) is 24.9 Å². The molecule has 1 fully saturated rings. The van der Waals surface area contributed by atoms with Gasteiger partial charge in [0.25, 0.3) is 5.89 Å². The Bertz CT molecular complexity index is 669. The van der Waals surface area contributed by atoms with Crippen LogP contribution in [0.2, 0.25) is 0 Å². The lowest BCUT2D eigenvalue weighted by molar-refractivity contribution is -0.116. The molecule has 1 aromatic heterocycles. The molecule has 1 atom stereocenters. The number of ether oxygens (including phenoxy) is 1. The van der Waals surface area contributed by atoms with Crippen molar-refractivity contribution in [2.24, 2.45) is 5.92 Å². The summed E-state index contributed by atoms with van der Waals surface area (Å²) in [5.41, 5.74) is 0.769. The highest BCUT2D eigenvalue weighted by atomic mass is 35.5. The van der Waals surface area contributed by atoms with E-state index in [1.807, 2.05) is 12.1 Å². The summed E-state index contributed by atoms with van der Waals surface area (Å²) in [7, 11) is 0. The molecule has 2 N–H and O–H groups in total. The molecule has 1 aliphatic heterocycles. The first-order chi connectivity index (χ1) is 11.7. The number of nitrogens with zero attached hydrogens (tertiary/aromatic N) is 2. The Morgan fingerprint density at radius 1 is 1.40 bits per heavy atom. The van der Waals surface area contributed by atoms with Crippen molar-refractivity contribution in [2.45, 2.75) is 32.8 Å². The van der Waals surface area contributed by atoms with Gasteiger partial charge in [0.1, 0.15) is 5.75 Å². The van der Waals surface area contributed by atoms with Crippen molar-refractivity contribution in [1.29, 1.82) is 0 Å². The number of carbonyl (C=O) groups is 1. The summed E-state index contributed by atoms with van der Waals surface area (Å²) in [6.45, 7) is 4.07. The van der Waals surface area contributed by atoms with Gasteiger partial charge in [-0.25, -0.2) is 0 Å². The summed E-state index contributed by atoms with van der Waals surface area (Å²) in [4.78, 5) is 16.0. The number of aromatic nitrogens is 2. The van der Waals surface area contributed by atoms with Crippen LogP contribution in [0.15, 0.2) is 28.8 Å². The minimum absolute atomic E-state index is 0. The van der Waals surface area contributed by atoms with Crippen LogP contribution in [0, 0.1) is 12.8 Å². The molecule has 2 aromatic rings. The number of carbonyl (C=O) groups excluding carboxylic acids is 1. The molecular weight excluding hydrogens is 344 g/mol. The topological polar surface area (TPSA) is 89.3 Å². The number of benzene rings is 1. The predicted molar refractivity (Wildman–Crippen MR) is 95.9 cm³/mol. The lowest BCUT2D eigenvalue weighted by atomic mass is 10.0. The van der Waals surface area contributed by atoms with Crippen LogP contribution in [-0.4, -0.2) is 29.1 Å². The third kappa shape index (κ3) is 6.03. The molecule has 0 spiro atoms. The van der Waals surface area contributed by atoms with Gasteiger partial charge in [-0.1, -0.05) is 5.16 Å². The van der Waals surface area contributed by atoms with E-state index >= 15 is 0 Å². The van der Waals surface area contributed by atoms with Crippen LogP contribution in [0.25, 0.3) is 0 Å². The van der Waals surface area contributed by atoms with Crippen LogP contribution in [0.5, 0.6) is 5.75 Å². The maximum atomic E-state index is 12.0. The molecular formula is C17H23ClN4O3. The smallest absolute Gasteiger partial charge is 0.264 e. The number of halogens is 1. The van der Waals surface area contributed by atoms with Crippen LogP contribution < -0.4 is 15.4 Å². The number of amides is 1. The van der Waals surface area contributed by atoms with Gasteiger partial charge in [-0.15, -0.1) is 12.4 Å². The number of hydrogen-bond acceptors (Lipinski definition) is 6. The maximum Gasteiger partial charge on any atom is 0.264 e. The van der Waals surface area contributed by atoms with Gasteiger partial charge >= 0.3 is 0 Å². The molecule has 1 saturated heterocycles. The molecule has 8 heteroatoms. The number of aryl methyl sites for hydroxylation is 1. The Morgan fingerprint density at radius 2 is 2.20 bits per heavy atom. The molecule has 136 valence electrons. The fourth-order valence-electron chi connectivity index (χ4n) is 2.70. The van der Waals surface area contributed by atoms with Crippen molar-refractivity contribution < 1.29 is 14.1 Å². The van der Waals surface area contributed by atoms with Gasteiger partial charge in [-0.2, -0.15) is 4.98 Å². The molecule has 1 aliphatic rings. The highest BCUT2D eigenvalue weighted by molar-refractivity contribution is 5.90. The first kappa shape index (κ1) is 19.2. The van der Waals surface area contributed by atoms with E-state index in [1.165, 1.54) is 6.42 Å². The lowest BCUT2D eigenvalue weighted by Gasteiger charge is -2.09. The fraction of sp³-hybridized carbons (Fsp3) is 0.471. The van der Waals surface area contributed by atoms with Crippen LogP contribution in [0.4, 0.5) is 5.69 Å². The van der Waals surface area contributed by atoms with Crippen molar-refractivity contribution in [1.82, 2.24) is 15.5 Å².